The maximum Gasteiger partial charge on any atom is 0.316 e. The van der Waals surface area contributed by atoms with Crippen LogP contribution >= 0.6 is 0 Å². The molecule has 5 heteroatoms. The van der Waals surface area contributed by atoms with Crippen LogP contribution in [0.4, 0.5) is 4.79 Å². The van der Waals surface area contributed by atoms with Gasteiger partial charge in [0.2, 0.25) is 0 Å². The highest BCUT2D eigenvalue weighted by Gasteiger charge is 2.31. The molecule has 0 saturated carbocycles. The standard InChI is InChI=1S/C12H25N3O2.CH4/c1-11(2,3)12(4,5)7-6-8-13-10(16)14-9-15-17;/h6-9H2,1-5H3,(H2,13,14,16);1H4. The molecule has 0 fully saturated rings. The summed E-state index contributed by atoms with van der Waals surface area (Å²) in [5, 5.41) is 7.58. The van der Waals surface area contributed by atoms with Crippen LogP contribution in [0.3, 0.4) is 0 Å². The van der Waals surface area contributed by atoms with Crippen molar-refractivity contribution in [2.24, 2.45) is 16.0 Å². The van der Waals surface area contributed by atoms with Crippen molar-refractivity contribution in [2.45, 2.75) is 54.9 Å². The van der Waals surface area contributed by atoms with Crippen molar-refractivity contribution in [3.8, 4) is 0 Å². The first-order valence-corrected chi connectivity index (χ1v) is 6.01. The van der Waals surface area contributed by atoms with Crippen LogP contribution in [0.25, 0.3) is 0 Å². The molecule has 18 heavy (non-hydrogen) atoms. The zero-order valence-corrected chi connectivity index (χ0v) is 11.6. The summed E-state index contributed by atoms with van der Waals surface area (Å²) in [6.07, 6.45) is 1.97. The summed E-state index contributed by atoms with van der Waals surface area (Å²) in [5.41, 5.74) is 0.478. The summed E-state index contributed by atoms with van der Waals surface area (Å²) in [5.74, 6) is 0. The van der Waals surface area contributed by atoms with Crippen molar-refractivity contribution in [2.75, 3.05) is 13.2 Å². The minimum absolute atomic E-state index is 0. The lowest BCUT2D eigenvalue weighted by Crippen LogP contribution is -2.37. The summed E-state index contributed by atoms with van der Waals surface area (Å²) < 4.78 is 0. The normalized spacial score (nSPS) is 11.4. The van der Waals surface area contributed by atoms with Crippen molar-refractivity contribution in [3.05, 3.63) is 4.91 Å². The number of rotatable bonds is 6. The first-order chi connectivity index (χ1) is 7.70. The third kappa shape index (κ3) is 7.25. The van der Waals surface area contributed by atoms with E-state index in [0.717, 1.165) is 12.8 Å². The summed E-state index contributed by atoms with van der Waals surface area (Å²) in [6, 6.07) is -0.335. The second kappa shape index (κ2) is 8.06. The number of hydrogen-bond donors (Lipinski definition) is 2. The van der Waals surface area contributed by atoms with Gasteiger partial charge in [0, 0.05) is 6.54 Å². The molecule has 0 radical (unpaired) electrons. The van der Waals surface area contributed by atoms with E-state index in [0.29, 0.717) is 6.54 Å². The fourth-order valence-electron chi connectivity index (χ4n) is 1.27. The lowest BCUT2D eigenvalue weighted by atomic mass is 9.67. The first-order valence-electron chi connectivity index (χ1n) is 6.01. The van der Waals surface area contributed by atoms with Crippen LogP contribution in [0.2, 0.25) is 0 Å². The molecule has 0 saturated heterocycles. The van der Waals surface area contributed by atoms with Gasteiger partial charge in [-0.15, -0.1) is 4.91 Å². The smallest absolute Gasteiger partial charge is 0.316 e. The van der Waals surface area contributed by atoms with Crippen LogP contribution in [0.15, 0.2) is 5.18 Å². The van der Waals surface area contributed by atoms with Crippen molar-refractivity contribution < 1.29 is 4.79 Å². The molecule has 0 atom stereocenters. The third-order valence-corrected chi connectivity index (χ3v) is 3.60. The Balaban J connectivity index is 0. The molecule has 5 nitrogen and oxygen atoms in total. The monoisotopic (exact) mass is 259 g/mol. The highest BCUT2D eigenvalue weighted by Crippen LogP contribution is 2.41. The Morgan fingerprint density at radius 3 is 2.11 bits per heavy atom. The highest BCUT2D eigenvalue weighted by molar-refractivity contribution is 5.73. The molecule has 0 aromatic rings. The summed E-state index contributed by atoms with van der Waals surface area (Å²) >= 11 is 0. The Hall–Kier alpha value is -1.13. The molecule has 0 aromatic carbocycles. The van der Waals surface area contributed by atoms with Gasteiger partial charge >= 0.3 is 6.03 Å². The second-order valence-corrected chi connectivity index (χ2v) is 5.96. The SMILES string of the molecule is C.CC(C)(C)C(C)(C)CCCNC(=O)NCN=O. The zero-order chi connectivity index (χ0) is 13.5. The maximum atomic E-state index is 11.1. The van der Waals surface area contributed by atoms with Gasteiger partial charge in [0.05, 0.1) is 0 Å². The first kappa shape index (κ1) is 19.2. The zero-order valence-electron chi connectivity index (χ0n) is 11.6. The van der Waals surface area contributed by atoms with Crippen LogP contribution in [-0.2, 0) is 0 Å². The lowest BCUT2D eigenvalue weighted by molar-refractivity contribution is 0.117. The van der Waals surface area contributed by atoms with E-state index in [1.54, 1.807) is 0 Å². The lowest BCUT2D eigenvalue weighted by Gasteiger charge is -2.39. The van der Waals surface area contributed by atoms with Crippen LogP contribution in [0, 0.1) is 15.7 Å². The van der Waals surface area contributed by atoms with E-state index in [9.17, 15) is 9.70 Å². The molecular formula is C13H29N3O2. The van der Waals surface area contributed by atoms with Crippen molar-refractivity contribution in [3.63, 3.8) is 0 Å². The van der Waals surface area contributed by atoms with Crippen molar-refractivity contribution >= 4 is 6.03 Å². The van der Waals surface area contributed by atoms with Gasteiger partial charge in [0.15, 0.2) is 6.67 Å². The van der Waals surface area contributed by atoms with E-state index >= 15 is 0 Å². The molecule has 0 aliphatic carbocycles. The Kier molecular flexibility index (Phi) is 8.60. The highest BCUT2D eigenvalue weighted by atomic mass is 16.3. The molecule has 2 N–H and O–H groups in total. The summed E-state index contributed by atoms with van der Waals surface area (Å²) in [6.45, 7) is 11.6. The van der Waals surface area contributed by atoms with E-state index in [2.05, 4.69) is 50.4 Å². The van der Waals surface area contributed by atoms with Gasteiger partial charge in [-0.05, 0) is 28.8 Å². The van der Waals surface area contributed by atoms with Gasteiger partial charge in [-0.1, -0.05) is 42.0 Å². The second-order valence-electron chi connectivity index (χ2n) is 5.96. The van der Waals surface area contributed by atoms with E-state index in [1.165, 1.54) is 0 Å². The predicted molar refractivity (Wildman–Crippen MR) is 76.4 cm³/mol. The number of carbonyl (C=O) groups is 1. The minimum atomic E-state index is -0.335. The molecule has 0 heterocycles. The van der Waals surface area contributed by atoms with Crippen molar-refractivity contribution in [1.82, 2.24) is 10.6 Å². The fourth-order valence-corrected chi connectivity index (χ4v) is 1.27. The molecule has 0 aliphatic heterocycles. The van der Waals surface area contributed by atoms with Crippen LogP contribution in [0.1, 0.15) is 54.9 Å². The molecule has 108 valence electrons. The Labute approximate surface area is 111 Å². The molecule has 0 aromatic heterocycles. The molecule has 0 unspecified atom stereocenters. The average molecular weight is 259 g/mol. The number of carbonyl (C=O) groups excluding carboxylic acids is 1. The van der Waals surface area contributed by atoms with Gasteiger partial charge in [-0.3, -0.25) is 0 Å². The largest absolute Gasteiger partial charge is 0.338 e. The Morgan fingerprint density at radius 2 is 1.67 bits per heavy atom. The molecule has 2 amide bonds. The number of hydrogen-bond acceptors (Lipinski definition) is 3. The molecule has 0 aliphatic rings. The van der Waals surface area contributed by atoms with E-state index in [-0.39, 0.29) is 31.0 Å². The number of nitrogens with one attached hydrogen (secondary N) is 2. The quantitative estimate of drug-likeness (QED) is 0.566. The van der Waals surface area contributed by atoms with Gasteiger partial charge in [-0.2, -0.15) is 0 Å². The van der Waals surface area contributed by atoms with Crippen LogP contribution < -0.4 is 10.6 Å². The molecule has 0 bridgehead atoms. The molecular weight excluding hydrogens is 230 g/mol. The Morgan fingerprint density at radius 1 is 1.11 bits per heavy atom. The average Bonchev–Trinajstić information content (AvgIpc) is 2.20. The van der Waals surface area contributed by atoms with Crippen LogP contribution in [0.5, 0.6) is 0 Å². The van der Waals surface area contributed by atoms with E-state index < -0.39 is 0 Å². The third-order valence-electron chi connectivity index (χ3n) is 3.60. The number of nitrogens with zero attached hydrogens (tertiary/aromatic N) is 1. The fraction of sp³-hybridized carbons (Fsp3) is 0.923. The topological polar surface area (TPSA) is 70.6 Å². The molecule has 0 spiro atoms. The summed E-state index contributed by atoms with van der Waals surface area (Å²) in [4.78, 5) is 20.9. The van der Waals surface area contributed by atoms with E-state index in [1.807, 2.05) is 0 Å². The van der Waals surface area contributed by atoms with Crippen molar-refractivity contribution in [1.29, 1.82) is 0 Å². The number of urea groups is 1. The maximum absolute atomic E-state index is 11.1. The predicted octanol–water partition coefficient (Wildman–Crippen LogP) is 3.50. The number of nitroso groups, excluding NO2 is 1. The van der Waals surface area contributed by atoms with E-state index in [4.69, 9.17) is 0 Å². The Bertz CT molecular complexity index is 257. The van der Waals surface area contributed by atoms with Gasteiger partial charge in [0.25, 0.3) is 0 Å². The van der Waals surface area contributed by atoms with Gasteiger partial charge in [0.1, 0.15) is 0 Å². The van der Waals surface area contributed by atoms with Crippen LogP contribution in [-0.4, -0.2) is 19.2 Å². The molecule has 0 rings (SSSR count). The number of amides is 2. The minimum Gasteiger partial charge on any atom is -0.338 e. The van der Waals surface area contributed by atoms with Gasteiger partial charge < -0.3 is 10.6 Å². The van der Waals surface area contributed by atoms with Gasteiger partial charge in [-0.25, -0.2) is 4.79 Å². The summed E-state index contributed by atoms with van der Waals surface area (Å²) in [7, 11) is 0.